The van der Waals surface area contributed by atoms with Gasteiger partial charge in [0.1, 0.15) is 11.6 Å². The van der Waals surface area contributed by atoms with Gasteiger partial charge in [-0.2, -0.15) is 4.98 Å². The van der Waals surface area contributed by atoms with Crippen molar-refractivity contribution in [3.05, 3.63) is 47.4 Å². The molecule has 0 radical (unpaired) electrons. The molecular weight excluding hydrogens is 340 g/mol. The van der Waals surface area contributed by atoms with Crippen molar-refractivity contribution in [2.75, 3.05) is 36.0 Å². The smallest absolute Gasteiger partial charge is 0.324 e. The number of nitrogens with zero attached hydrogens (tertiary/aromatic N) is 6. The van der Waals surface area contributed by atoms with Crippen LogP contribution in [0.2, 0.25) is 5.02 Å². The van der Waals surface area contributed by atoms with Crippen LogP contribution in [0.25, 0.3) is 11.4 Å². The molecule has 7 nitrogen and oxygen atoms in total. The summed E-state index contributed by atoms with van der Waals surface area (Å²) in [5, 5.41) is 4.72. The van der Waals surface area contributed by atoms with Gasteiger partial charge < -0.3 is 14.3 Å². The van der Waals surface area contributed by atoms with Crippen LogP contribution < -0.4 is 9.80 Å². The topological polar surface area (TPSA) is 71.2 Å². The number of rotatable bonds is 3. The fraction of sp³-hybridized carbons (Fsp3) is 0.294. The average Bonchev–Trinajstić information content (AvgIpc) is 3.12. The molecule has 25 heavy (non-hydrogen) atoms. The highest BCUT2D eigenvalue weighted by Gasteiger charge is 2.22. The lowest BCUT2D eigenvalue weighted by atomic mass is 10.2. The Morgan fingerprint density at radius 3 is 2.60 bits per heavy atom. The number of aromatic nitrogens is 4. The molecule has 0 bridgehead atoms. The minimum absolute atomic E-state index is 0.536. The molecule has 0 N–H and O–H groups in total. The Morgan fingerprint density at radius 1 is 1.04 bits per heavy atom. The standard InChI is InChI=1S/C17H17ClN6O/c1-12-19-6-5-15(20-12)23-7-9-24(10-8-23)17-21-16(22-25-17)13-3-2-4-14(18)11-13/h2-6,11H,7-10H2,1H3. The average molecular weight is 357 g/mol. The van der Waals surface area contributed by atoms with Crippen molar-refractivity contribution >= 4 is 23.4 Å². The maximum atomic E-state index is 6.02. The summed E-state index contributed by atoms with van der Waals surface area (Å²) in [6.07, 6.45) is 1.79. The lowest BCUT2D eigenvalue weighted by Gasteiger charge is -2.34. The van der Waals surface area contributed by atoms with Gasteiger partial charge in [0.2, 0.25) is 5.82 Å². The number of hydrogen-bond donors (Lipinski definition) is 0. The second-order valence-corrected chi connectivity index (χ2v) is 6.28. The Kier molecular flexibility index (Phi) is 4.23. The molecule has 1 fully saturated rings. The molecule has 0 saturated carbocycles. The Morgan fingerprint density at radius 2 is 1.84 bits per heavy atom. The summed E-state index contributed by atoms with van der Waals surface area (Å²) in [5.41, 5.74) is 0.845. The van der Waals surface area contributed by atoms with Gasteiger partial charge in [-0.15, -0.1) is 0 Å². The molecule has 1 aliphatic heterocycles. The van der Waals surface area contributed by atoms with Crippen LogP contribution in [0.1, 0.15) is 5.82 Å². The van der Waals surface area contributed by atoms with Gasteiger partial charge in [-0.1, -0.05) is 28.9 Å². The molecular formula is C17H17ClN6O. The third-order valence-corrected chi connectivity index (χ3v) is 4.37. The highest BCUT2D eigenvalue weighted by atomic mass is 35.5. The van der Waals surface area contributed by atoms with Crippen molar-refractivity contribution in [2.45, 2.75) is 6.92 Å². The minimum Gasteiger partial charge on any atom is -0.353 e. The zero-order chi connectivity index (χ0) is 17.2. The number of benzene rings is 1. The molecule has 2 aromatic heterocycles. The maximum absolute atomic E-state index is 6.02. The number of anilines is 2. The molecule has 8 heteroatoms. The molecule has 0 atom stereocenters. The number of hydrogen-bond acceptors (Lipinski definition) is 7. The highest BCUT2D eigenvalue weighted by molar-refractivity contribution is 6.30. The van der Waals surface area contributed by atoms with E-state index in [2.05, 4.69) is 29.9 Å². The molecule has 4 rings (SSSR count). The Bertz CT molecular complexity index is 875. The quantitative estimate of drug-likeness (QED) is 0.714. The predicted octanol–water partition coefficient (Wildman–Crippen LogP) is 2.82. The molecule has 3 aromatic rings. The lowest BCUT2D eigenvalue weighted by Crippen LogP contribution is -2.47. The molecule has 1 saturated heterocycles. The molecule has 1 aliphatic rings. The zero-order valence-corrected chi connectivity index (χ0v) is 14.5. The van der Waals surface area contributed by atoms with E-state index in [0.717, 1.165) is 43.4 Å². The van der Waals surface area contributed by atoms with Crippen LogP contribution in [0.15, 0.2) is 41.1 Å². The van der Waals surface area contributed by atoms with Crippen molar-refractivity contribution in [2.24, 2.45) is 0 Å². The van der Waals surface area contributed by atoms with Gasteiger partial charge in [-0.05, 0) is 25.1 Å². The first-order valence-electron chi connectivity index (χ1n) is 8.08. The van der Waals surface area contributed by atoms with Crippen LogP contribution in [0.5, 0.6) is 0 Å². The van der Waals surface area contributed by atoms with E-state index < -0.39 is 0 Å². The van der Waals surface area contributed by atoms with Crippen molar-refractivity contribution in [1.29, 1.82) is 0 Å². The fourth-order valence-electron chi connectivity index (χ4n) is 2.84. The predicted molar refractivity (Wildman–Crippen MR) is 95.9 cm³/mol. The van der Waals surface area contributed by atoms with Gasteiger partial charge in [-0.3, -0.25) is 0 Å². The second-order valence-electron chi connectivity index (χ2n) is 5.85. The highest BCUT2D eigenvalue weighted by Crippen LogP contribution is 2.23. The third kappa shape index (κ3) is 3.41. The Labute approximate surface area is 150 Å². The van der Waals surface area contributed by atoms with Gasteiger partial charge in [0.15, 0.2) is 0 Å². The van der Waals surface area contributed by atoms with E-state index in [-0.39, 0.29) is 0 Å². The van der Waals surface area contributed by atoms with Gasteiger partial charge in [-0.25, -0.2) is 9.97 Å². The van der Waals surface area contributed by atoms with E-state index >= 15 is 0 Å². The van der Waals surface area contributed by atoms with Gasteiger partial charge >= 0.3 is 6.01 Å². The first-order chi connectivity index (χ1) is 12.2. The number of aryl methyl sites for hydroxylation is 1. The molecule has 0 amide bonds. The second kappa shape index (κ2) is 6.68. The van der Waals surface area contributed by atoms with Gasteiger partial charge in [0.25, 0.3) is 0 Å². The van der Waals surface area contributed by atoms with Crippen LogP contribution >= 0.6 is 11.6 Å². The SMILES string of the molecule is Cc1nccc(N2CCN(c3nc(-c4cccc(Cl)c4)no3)CC2)n1. The number of halogens is 1. The summed E-state index contributed by atoms with van der Waals surface area (Å²) in [5.74, 6) is 2.28. The first-order valence-corrected chi connectivity index (χ1v) is 8.46. The minimum atomic E-state index is 0.536. The molecule has 0 aliphatic carbocycles. The molecule has 1 aromatic carbocycles. The van der Waals surface area contributed by atoms with Crippen LogP contribution in [0.3, 0.4) is 0 Å². The van der Waals surface area contributed by atoms with Crippen LogP contribution in [0, 0.1) is 6.92 Å². The van der Waals surface area contributed by atoms with Gasteiger partial charge in [0.05, 0.1) is 0 Å². The normalized spacial score (nSPS) is 14.8. The van der Waals surface area contributed by atoms with Crippen LogP contribution in [0.4, 0.5) is 11.8 Å². The largest absolute Gasteiger partial charge is 0.353 e. The van der Waals surface area contributed by atoms with E-state index in [1.165, 1.54) is 0 Å². The van der Waals surface area contributed by atoms with E-state index in [0.29, 0.717) is 16.9 Å². The summed E-state index contributed by atoms with van der Waals surface area (Å²) in [6, 6.07) is 9.90. The lowest BCUT2D eigenvalue weighted by molar-refractivity contribution is 0.409. The van der Waals surface area contributed by atoms with Crippen molar-refractivity contribution < 1.29 is 4.52 Å². The third-order valence-electron chi connectivity index (χ3n) is 4.13. The van der Waals surface area contributed by atoms with E-state index in [9.17, 15) is 0 Å². The summed E-state index contributed by atoms with van der Waals surface area (Å²) in [4.78, 5) is 17.5. The number of piperazine rings is 1. The molecule has 3 heterocycles. The van der Waals surface area contributed by atoms with E-state index in [1.54, 1.807) is 6.20 Å². The summed E-state index contributed by atoms with van der Waals surface area (Å²) in [7, 11) is 0. The maximum Gasteiger partial charge on any atom is 0.324 e. The molecule has 128 valence electrons. The van der Waals surface area contributed by atoms with Crippen molar-refractivity contribution in [3.63, 3.8) is 0 Å². The van der Waals surface area contributed by atoms with Crippen molar-refractivity contribution in [3.8, 4) is 11.4 Å². The molecule has 0 spiro atoms. The summed E-state index contributed by atoms with van der Waals surface area (Å²) >= 11 is 6.02. The molecule has 0 unspecified atom stereocenters. The monoisotopic (exact) mass is 356 g/mol. The van der Waals surface area contributed by atoms with Crippen LogP contribution in [-0.4, -0.2) is 46.3 Å². The first kappa shape index (κ1) is 15.8. The fourth-order valence-corrected chi connectivity index (χ4v) is 3.03. The zero-order valence-electron chi connectivity index (χ0n) is 13.8. The van der Waals surface area contributed by atoms with Crippen LogP contribution in [-0.2, 0) is 0 Å². The van der Waals surface area contributed by atoms with Gasteiger partial charge in [0, 0.05) is 43.0 Å². The van der Waals surface area contributed by atoms with E-state index in [4.69, 9.17) is 16.1 Å². The Balaban J connectivity index is 1.45. The summed E-state index contributed by atoms with van der Waals surface area (Å²) < 4.78 is 5.44. The summed E-state index contributed by atoms with van der Waals surface area (Å²) in [6.45, 7) is 5.16. The van der Waals surface area contributed by atoms with Crippen molar-refractivity contribution in [1.82, 2.24) is 20.1 Å². The van der Waals surface area contributed by atoms with E-state index in [1.807, 2.05) is 37.3 Å². The Hall–Kier alpha value is -2.67.